The lowest BCUT2D eigenvalue weighted by molar-refractivity contribution is 0.0958. The number of carbonyl (C=O) groups is 1. The number of carbonyl (C=O) groups excluding carboxylic acids is 1. The van der Waals surface area contributed by atoms with E-state index in [0.29, 0.717) is 28.3 Å². The molecule has 0 atom stereocenters. The van der Waals surface area contributed by atoms with Gasteiger partial charge in [-0.05, 0) is 53.9 Å². The van der Waals surface area contributed by atoms with E-state index in [9.17, 15) is 18.0 Å². The van der Waals surface area contributed by atoms with Gasteiger partial charge in [-0.3, -0.25) is 4.79 Å². The van der Waals surface area contributed by atoms with Crippen LogP contribution in [0.25, 0.3) is 10.4 Å². The molecule has 0 aliphatic rings. The highest BCUT2D eigenvalue weighted by Crippen LogP contribution is 2.29. The number of amides is 1. The fourth-order valence-corrected chi connectivity index (χ4v) is 3.24. The van der Waals surface area contributed by atoms with Gasteiger partial charge in [0.05, 0.1) is 4.88 Å². The van der Waals surface area contributed by atoms with E-state index < -0.39 is 11.6 Å². The van der Waals surface area contributed by atoms with Crippen LogP contribution >= 0.6 is 11.3 Å². The molecule has 1 amide bonds. The Morgan fingerprint density at radius 3 is 2.40 bits per heavy atom. The van der Waals surface area contributed by atoms with Crippen LogP contribution in [0, 0.1) is 17.5 Å². The Kier molecular flexibility index (Phi) is 5.19. The second kappa shape index (κ2) is 7.53. The van der Waals surface area contributed by atoms with Gasteiger partial charge in [-0.15, -0.1) is 11.3 Å². The summed E-state index contributed by atoms with van der Waals surface area (Å²) in [7, 11) is 0. The Morgan fingerprint density at radius 2 is 1.68 bits per heavy atom. The molecule has 6 heteroatoms. The molecule has 1 N–H and O–H groups in total. The first-order valence-corrected chi connectivity index (χ1v) is 8.42. The maximum absolute atomic E-state index is 13.3. The van der Waals surface area contributed by atoms with Crippen molar-refractivity contribution in [2.24, 2.45) is 0 Å². The largest absolute Gasteiger partial charge is 0.351 e. The van der Waals surface area contributed by atoms with Gasteiger partial charge in [0.2, 0.25) is 0 Å². The fraction of sp³-hybridized carbons (Fsp3) is 0.105. The molecule has 3 aromatic rings. The first-order valence-electron chi connectivity index (χ1n) is 7.61. The number of rotatable bonds is 5. The zero-order valence-electron chi connectivity index (χ0n) is 13.1. The molecule has 0 saturated heterocycles. The molecule has 3 rings (SSSR count). The number of hydrogen-bond acceptors (Lipinski definition) is 2. The molecule has 1 heterocycles. The van der Waals surface area contributed by atoms with Crippen LogP contribution in [-0.2, 0) is 6.42 Å². The minimum Gasteiger partial charge on any atom is -0.351 e. The van der Waals surface area contributed by atoms with Crippen LogP contribution in [0.15, 0.2) is 54.6 Å². The number of hydrogen-bond donors (Lipinski definition) is 1. The van der Waals surface area contributed by atoms with E-state index in [1.54, 1.807) is 24.3 Å². The van der Waals surface area contributed by atoms with Crippen molar-refractivity contribution in [3.63, 3.8) is 0 Å². The van der Waals surface area contributed by atoms with Crippen molar-refractivity contribution in [1.29, 1.82) is 0 Å². The minimum atomic E-state index is -0.920. The van der Waals surface area contributed by atoms with Gasteiger partial charge in [0.1, 0.15) is 5.82 Å². The van der Waals surface area contributed by atoms with Crippen LogP contribution < -0.4 is 5.32 Å². The average molecular weight is 361 g/mol. The molecule has 0 bridgehead atoms. The highest BCUT2D eigenvalue weighted by Gasteiger charge is 2.11. The highest BCUT2D eigenvalue weighted by molar-refractivity contribution is 7.17. The van der Waals surface area contributed by atoms with Crippen molar-refractivity contribution in [2.75, 3.05) is 6.54 Å². The van der Waals surface area contributed by atoms with Gasteiger partial charge in [-0.25, -0.2) is 13.2 Å². The van der Waals surface area contributed by atoms with E-state index in [0.717, 1.165) is 17.7 Å². The van der Waals surface area contributed by atoms with E-state index in [1.165, 1.54) is 29.5 Å². The Bertz CT molecular complexity index is 890. The molecular weight excluding hydrogens is 347 g/mol. The van der Waals surface area contributed by atoms with Crippen molar-refractivity contribution in [3.05, 3.63) is 82.5 Å². The lowest BCUT2D eigenvalue weighted by Gasteiger charge is -2.04. The van der Waals surface area contributed by atoms with Crippen LogP contribution in [0.5, 0.6) is 0 Å². The normalized spacial score (nSPS) is 10.7. The molecule has 0 unspecified atom stereocenters. The molecule has 2 aromatic carbocycles. The van der Waals surface area contributed by atoms with Gasteiger partial charge in [0.15, 0.2) is 11.6 Å². The summed E-state index contributed by atoms with van der Waals surface area (Å²) < 4.78 is 39.1. The van der Waals surface area contributed by atoms with Gasteiger partial charge in [-0.2, -0.15) is 0 Å². The topological polar surface area (TPSA) is 29.1 Å². The van der Waals surface area contributed by atoms with Crippen LogP contribution in [0.4, 0.5) is 13.2 Å². The molecule has 0 radical (unpaired) electrons. The summed E-state index contributed by atoms with van der Waals surface area (Å²) in [6.45, 7) is 0.420. The minimum absolute atomic E-state index is 0.235. The summed E-state index contributed by atoms with van der Waals surface area (Å²) in [5.74, 6) is -2.35. The third kappa shape index (κ3) is 4.28. The molecule has 0 saturated carbocycles. The zero-order chi connectivity index (χ0) is 17.8. The number of benzene rings is 2. The summed E-state index contributed by atoms with van der Waals surface area (Å²) in [5, 5.41) is 2.79. The monoisotopic (exact) mass is 361 g/mol. The first kappa shape index (κ1) is 17.2. The van der Waals surface area contributed by atoms with Gasteiger partial charge in [0, 0.05) is 11.4 Å². The molecule has 1 aromatic heterocycles. The van der Waals surface area contributed by atoms with Crippen molar-refractivity contribution >= 4 is 17.2 Å². The van der Waals surface area contributed by atoms with Gasteiger partial charge in [0.25, 0.3) is 5.91 Å². The lowest BCUT2D eigenvalue weighted by Crippen LogP contribution is -2.24. The molecule has 128 valence electrons. The number of thiophene rings is 1. The van der Waals surface area contributed by atoms with E-state index >= 15 is 0 Å². The quantitative estimate of drug-likeness (QED) is 0.695. The third-order valence-corrected chi connectivity index (χ3v) is 4.78. The molecule has 25 heavy (non-hydrogen) atoms. The summed E-state index contributed by atoms with van der Waals surface area (Å²) in [6, 6.07) is 13.1. The summed E-state index contributed by atoms with van der Waals surface area (Å²) in [6.07, 6.45) is 0.591. The van der Waals surface area contributed by atoms with E-state index in [1.807, 2.05) is 0 Å². The summed E-state index contributed by atoms with van der Waals surface area (Å²) in [5.41, 5.74) is 1.45. The fourth-order valence-electron chi connectivity index (χ4n) is 2.32. The maximum Gasteiger partial charge on any atom is 0.261 e. The smallest absolute Gasteiger partial charge is 0.261 e. The molecule has 0 spiro atoms. The number of halogens is 3. The van der Waals surface area contributed by atoms with Crippen LogP contribution in [0.1, 0.15) is 15.2 Å². The lowest BCUT2D eigenvalue weighted by atomic mass is 10.1. The van der Waals surface area contributed by atoms with E-state index in [2.05, 4.69) is 5.32 Å². The van der Waals surface area contributed by atoms with Gasteiger partial charge < -0.3 is 5.32 Å². The number of nitrogens with one attached hydrogen (secondary N) is 1. The van der Waals surface area contributed by atoms with Crippen LogP contribution in [-0.4, -0.2) is 12.5 Å². The standard InChI is InChI=1S/C19H14F3NOS/c20-14-4-1-12(2-5-14)9-10-23-19(24)18-8-7-17(25-18)13-3-6-15(21)16(22)11-13/h1-8,11H,9-10H2,(H,23,24). The predicted octanol–water partition coefficient (Wildman–Crippen LogP) is 4.80. The molecular formula is C19H14F3NOS. The van der Waals surface area contributed by atoms with E-state index in [4.69, 9.17) is 0 Å². The Balaban J connectivity index is 1.60. The van der Waals surface area contributed by atoms with Gasteiger partial charge >= 0.3 is 0 Å². The highest BCUT2D eigenvalue weighted by atomic mass is 32.1. The summed E-state index contributed by atoms with van der Waals surface area (Å²) >= 11 is 1.21. The SMILES string of the molecule is O=C(NCCc1ccc(F)cc1)c1ccc(-c2ccc(F)c(F)c2)s1. The first-order chi connectivity index (χ1) is 12.0. The molecule has 2 nitrogen and oxygen atoms in total. The van der Waals surface area contributed by atoms with E-state index in [-0.39, 0.29) is 11.7 Å². The average Bonchev–Trinajstić information content (AvgIpc) is 3.09. The molecule has 0 aliphatic heterocycles. The van der Waals surface area contributed by atoms with Crippen molar-refractivity contribution in [3.8, 4) is 10.4 Å². The maximum atomic E-state index is 13.3. The predicted molar refractivity (Wildman–Crippen MR) is 92.1 cm³/mol. The Morgan fingerprint density at radius 1 is 0.920 bits per heavy atom. The van der Waals surface area contributed by atoms with Crippen molar-refractivity contribution in [1.82, 2.24) is 5.32 Å². The molecule has 0 fully saturated rings. The second-order valence-electron chi connectivity index (χ2n) is 5.43. The van der Waals surface area contributed by atoms with Crippen molar-refractivity contribution < 1.29 is 18.0 Å². The zero-order valence-corrected chi connectivity index (χ0v) is 13.9. The Hall–Kier alpha value is -2.60. The second-order valence-corrected chi connectivity index (χ2v) is 6.51. The molecule has 0 aliphatic carbocycles. The van der Waals surface area contributed by atoms with Gasteiger partial charge in [-0.1, -0.05) is 18.2 Å². The van der Waals surface area contributed by atoms with Crippen LogP contribution in [0.3, 0.4) is 0 Å². The Labute approximate surface area is 146 Å². The summed E-state index contributed by atoms with van der Waals surface area (Å²) in [4.78, 5) is 13.3. The van der Waals surface area contributed by atoms with Crippen molar-refractivity contribution in [2.45, 2.75) is 6.42 Å². The third-order valence-electron chi connectivity index (χ3n) is 3.65. The van der Waals surface area contributed by atoms with Crippen LogP contribution in [0.2, 0.25) is 0 Å².